The van der Waals surface area contributed by atoms with E-state index in [0.29, 0.717) is 11.8 Å². The van der Waals surface area contributed by atoms with Gasteiger partial charge in [-0.25, -0.2) is 0 Å². The van der Waals surface area contributed by atoms with Gasteiger partial charge in [0.05, 0.1) is 0 Å². The van der Waals surface area contributed by atoms with Crippen molar-refractivity contribution in [3.8, 4) is 0 Å². The van der Waals surface area contributed by atoms with E-state index >= 15 is 0 Å². The summed E-state index contributed by atoms with van der Waals surface area (Å²) in [7, 11) is 0. The number of hydrogen-bond acceptors (Lipinski definition) is 1. The lowest BCUT2D eigenvalue weighted by molar-refractivity contribution is 0.510. The van der Waals surface area contributed by atoms with E-state index in [1.54, 1.807) is 6.20 Å². The summed E-state index contributed by atoms with van der Waals surface area (Å²) in [4.78, 5) is 0. The van der Waals surface area contributed by atoms with Gasteiger partial charge in [0.25, 0.3) is 0 Å². The van der Waals surface area contributed by atoms with Crippen LogP contribution >= 0.6 is 0 Å². The zero-order valence-electron chi connectivity index (χ0n) is 12.3. The van der Waals surface area contributed by atoms with Crippen LogP contribution in [0.25, 0.3) is 12.3 Å². The SMILES string of the molecule is CC(C)C(C/C=c1/cccc/c1=C/N)c1ccccc1. The van der Waals surface area contributed by atoms with Crippen LogP contribution in [0.5, 0.6) is 0 Å². The molecular formula is C19H23N. The molecule has 2 aromatic rings. The van der Waals surface area contributed by atoms with E-state index in [1.165, 1.54) is 10.8 Å². The number of nitrogens with two attached hydrogens (primary N) is 1. The molecule has 0 aromatic heterocycles. The first-order chi connectivity index (χ1) is 9.72. The normalized spacial score (nSPS) is 14.8. The Morgan fingerprint density at radius 2 is 1.50 bits per heavy atom. The topological polar surface area (TPSA) is 26.0 Å². The first kappa shape index (κ1) is 14.4. The fourth-order valence-electron chi connectivity index (χ4n) is 2.60. The van der Waals surface area contributed by atoms with Crippen molar-refractivity contribution in [1.29, 1.82) is 0 Å². The number of rotatable bonds is 4. The third-order valence-electron chi connectivity index (χ3n) is 3.80. The van der Waals surface area contributed by atoms with E-state index in [-0.39, 0.29) is 0 Å². The van der Waals surface area contributed by atoms with E-state index < -0.39 is 0 Å². The molecule has 1 unspecified atom stereocenters. The summed E-state index contributed by atoms with van der Waals surface area (Å²) >= 11 is 0. The molecule has 0 bridgehead atoms. The van der Waals surface area contributed by atoms with Crippen LogP contribution in [0, 0.1) is 5.92 Å². The van der Waals surface area contributed by atoms with Crippen molar-refractivity contribution in [2.24, 2.45) is 11.7 Å². The first-order valence-electron chi connectivity index (χ1n) is 7.24. The zero-order chi connectivity index (χ0) is 14.4. The average Bonchev–Trinajstić information content (AvgIpc) is 2.48. The molecule has 2 N–H and O–H groups in total. The monoisotopic (exact) mass is 265 g/mol. The minimum Gasteiger partial charge on any atom is -0.404 e. The smallest absolute Gasteiger partial charge is 0.00174 e. The Balaban J connectivity index is 2.31. The molecule has 1 nitrogen and oxygen atoms in total. The summed E-state index contributed by atoms with van der Waals surface area (Å²) < 4.78 is 0. The summed E-state index contributed by atoms with van der Waals surface area (Å²) in [5.41, 5.74) is 7.09. The summed E-state index contributed by atoms with van der Waals surface area (Å²) in [5, 5.41) is 2.32. The molecule has 0 aliphatic heterocycles. The lowest BCUT2D eigenvalue weighted by Crippen LogP contribution is -2.25. The van der Waals surface area contributed by atoms with E-state index in [2.05, 4.69) is 68.5 Å². The van der Waals surface area contributed by atoms with Gasteiger partial charge in [0.2, 0.25) is 0 Å². The Labute approximate surface area is 121 Å². The summed E-state index contributed by atoms with van der Waals surface area (Å²) in [6.07, 6.45) is 5.02. The summed E-state index contributed by atoms with van der Waals surface area (Å²) in [6, 6.07) is 19.0. The Morgan fingerprint density at radius 3 is 2.10 bits per heavy atom. The molecule has 0 saturated carbocycles. The standard InChI is InChI=1S/C19H23N/c1-15(2)19(17-9-4-3-5-10-17)13-12-16-8-6-7-11-18(16)14-20/h3-12,14-15,19H,13,20H2,1-2H3/b16-12-,18-14-. The van der Waals surface area contributed by atoms with Crippen molar-refractivity contribution >= 4 is 12.3 Å². The largest absolute Gasteiger partial charge is 0.404 e. The van der Waals surface area contributed by atoms with Gasteiger partial charge in [-0.05, 0) is 34.3 Å². The third kappa shape index (κ3) is 3.51. The van der Waals surface area contributed by atoms with E-state index in [1.807, 2.05) is 6.07 Å². The molecule has 104 valence electrons. The number of benzene rings is 2. The van der Waals surface area contributed by atoms with Crippen LogP contribution in [0.4, 0.5) is 0 Å². The Kier molecular flexibility index (Phi) is 5.00. The van der Waals surface area contributed by atoms with Crippen molar-refractivity contribution in [3.63, 3.8) is 0 Å². The maximum Gasteiger partial charge on any atom is 0.00174 e. The van der Waals surface area contributed by atoms with Gasteiger partial charge < -0.3 is 5.73 Å². The molecule has 20 heavy (non-hydrogen) atoms. The summed E-state index contributed by atoms with van der Waals surface area (Å²) in [5.74, 6) is 1.16. The Morgan fingerprint density at radius 1 is 0.900 bits per heavy atom. The van der Waals surface area contributed by atoms with Crippen molar-refractivity contribution < 1.29 is 0 Å². The molecule has 0 aliphatic carbocycles. The van der Waals surface area contributed by atoms with Crippen LogP contribution in [0.3, 0.4) is 0 Å². The van der Waals surface area contributed by atoms with E-state index in [9.17, 15) is 0 Å². The predicted molar refractivity (Wildman–Crippen MR) is 87.4 cm³/mol. The first-order valence-corrected chi connectivity index (χ1v) is 7.24. The molecule has 0 aliphatic rings. The zero-order valence-corrected chi connectivity index (χ0v) is 12.3. The molecule has 1 heteroatoms. The van der Waals surface area contributed by atoms with Gasteiger partial charge >= 0.3 is 0 Å². The van der Waals surface area contributed by atoms with Crippen LogP contribution < -0.4 is 16.2 Å². The fraction of sp³-hybridized carbons (Fsp3) is 0.263. The minimum absolute atomic E-state index is 0.544. The molecular weight excluding hydrogens is 242 g/mol. The van der Waals surface area contributed by atoms with Gasteiger partial charge in [-0.15, -0.1) is 0 Å². The van der Waals surface area contributed by atoms with Crippen molar-refractivity contribution in [3.05, 3.63) is 70.6 Å². The van der Waals surface area contributed by atoms with Gasteiger partial charge in [0.1, 0.15) is 0 Å². The van der Waals surface area contributed by atoms with Crippen LogP contribution in [0.2, 0.25) is 0 Å². The molecule has 0 heterocycles. The molecule has 0 fully saturated rings. The minimum atomic E-state index is 0.544. The van der Waals surface area contributed by atoms with Gasteiger partial charge in [-0.1, -0.05) is 74.5 Å². The average molecular weight is 265 g/mol. The van der Waals surface area contributed by atoms with Gasteiger partial charge in [-0.2, -0.15) is 0 Å². The van der Waals surface area contributed by atoms with Gasteiger partial charge in [-0.3, -0.25) is 0 Å². The molecule has 2 rings (SSSR count). The second-order valence-electron chi connectivity index (χ2n) is 5.50. The lowest BCUT2D eigenvalue weighted by Gasteiger charge is -2.19. The van der Waals surface area contributed by atoms with Gasteiger partial charge in [0.15, 0.2) is 0 Å². The highest BCUT2D eigenvalue weighted by Crippen LogP contribution is 2.27. The maximum atomic E-state index is 5.68. The van der Waals surface area contributed by atoms with Gasteiger partial charge in [0, 0.05) is 6.20 Å². The maximum absolute atomic E-state index is 5.68. The summed E-state index contributed by atoms with van der Waals surface area (Å²) in [6.45, 7) is 4.57. The Bertz CT molecular complexity index is 641. The molecule has 1 atom stereocenters. The van der Waals surface area contributed by atoms with Crippen LogP contribution in [-0.2, 0) is 0 Å². The van der Waals surface area contributed by atoms with Crippen LogP contribution in [-0.4, -0.2) is 0 Å². The van der Waals surface area contributed by atoms with E-state index in [4.69, 9.17) is 5.73 Å². The van der Waals surface area contributed by atoms with Crippen molar-refractivity contribution in [1.82, 2.24) is 0 Å². The second kappa shape index (κ2) is 6.95. The molecule has 0 saturated heterocycles. The fourth-order valence-corrected chi connectivity index (χ4v) is 2.60. The lowest BCUT2D eigenvalue weighted by atomic mass is 9.85. The van der Waals surface area contributed by atoms with Crippen molar-refractivity contribution in [2.75, 3.05) is 0 Å². The molecule has 2 aromatic carbocycles. The molecule has 0 spiro atoms. The van der Waals surface area contributed by atoms with Crippen LogP contribution in [0.1, 0.15) is 31.7 Å². The van der Waals surface area contributed by atoms with E-state index in [0.717, 1.165) is 11.6 Å². The van der Waals surface area contributed by atoms with Crippen molar-refractivity contribution in [2.45, 2.75) is 26.2 Å². The second-order valence-corrected chi connectivity index (χ2v) is 5.50. The van der Waals surface area contributed by atoms with Crippen LogP contribution in [0.15, 0.2) is 54.6 Å². The highest BCUT2D eigenvalue weighted by Gasteiger charge is 2.13. The quantitative estimate of drug-likeness (QED) is 0.903. The Hall–Kier alpha value is -2.02. The number of hydrogen-bond donors (Lipinski definition) is 1. The predicted octanol–water partition coefficient (Wildman–Crippen LogP) is 2.99. The third-order valence-corrected chi connectivity index (χ3v) is 3.80. The molecule has 0 amide bonds. The molecule has 0 radical (unpaired) electrons. The highest BCUT2D eigenvalue weighted by atomic mass is 14.5. The highest BCUT2D eigenvalue weighted by molar-refractivity contribution is 5.33.